The lowest BCUT2D eigenvalue weighted by atomic mass is 9.96. The summed E-state index contributed by atoms with van der Waals surface area (Å²) in [7, 11) is -3.80. The molecule has 0 saturated carbocycles. The van der Waals surface area contributed by atoms with Gasteiger partial charge < -0.3 is 10.0 Å². The molecule has 0 radical (unpaired) electrons. The van der Waals surface area contributed by atoms with E-state index in [1.807, 2.05) is 20.8 Å². The van der Waals surface area contributed by atoms with Gasteiger partial charge in [0.2, 0.25) is 0 Å². The Morgan fingerprint density at radius 3 is 2.60 bits per heavy atom. The van der Waals surface area contributed by atoms with Crippen LogP contribution in [0.15, 0.2) is 46.3 Å². The number of carbonyl (C=O) groups is 1. The smallest absolute Gasteiger partial charge is 0.407 e. The van der Waals surface area contributed by atoms with Crippen molar-refractivity contribution in [2.24, 2.45) is 5.41 Å². The van der Waals surface area contributed by atoms with E-state index in [9.17, 15) is 18.3 Å². The minimum absolute atomic E-state index is 0.0580. The first-order valence-corrected chi connectivity index (χ1v) is 9.74. The Morgan fingerprint density at radius 1 is 1.40 bits per heavy atom. The fourth-order valence-electron chi connectivity index (χ4n) is 2.33. The predicted octanol–water partition coefficient (Wildman–Crippen LogP) is 3.41. The van der Waals surface area contributed by atoms with E-state index < -0.39 is 16.1 Å². The summed E-state index contributed by atoms with van der Waals surface area (Å²) in [6, 6.07) is 4.60. The van der Waals surface area contributed by atoms with Crippen molar-refractivity contribution < 1.29 is 18.3 Å². The second-order valence-corrected chi connectivity index (χ2v) is 9.49. The van der Waals surface area contributed by atoms with E-state index in [2.05, 4.69) is 20.9 Å². The molecule has 0 aliphatic heterocycles. The SMILES string of the molecule is CC(C)(C)CN(Cc1cc(Br)n(S(=O)(=O)c2cccnc2)c1)C(=O)O. The number of rotatable bonds is 5. The minimum Gasteiger partial charge on any atom is -0.465 e. The summed E-state index contributed by atoms with van der Waals surface area (Å²) >= 11 is 3.24. The number of carboxylic acid groups (broad SMARTS) is 1. The van der Waals surface area contributed by atoms with Gasteiger partial charge in [-0.15, -0.1) is 0 Å². The van der Waals surface area contributed by atoms with Crippen molar-refractivity contribution in [3.05, 3.63) is 47.0 Å². The molecule has 0 aromatic carbocycles. The second-order valence-electron chi connectivity index (χ2n) is 6.86. The highest BCUT2D eigenvalue weighted by atomic mass is 79.9. The zero-order chi connectivity index (χ0) is 18.8. The molecule has 7 nitrogen and oxygen atoms in total. The van der Waals surface area contributed by atoms with Crippen LogP contribution < -0.4 is 0 Å². The molecule has 0 saturated heterocycles. The van der Waals surface area contributed by atoms with E-state index in [1.54, 1.807) is 12.1 Å². The Balaban J connectivity index is 2.32. The molecule has 0 bridgehead atoms. The second kappa shape index (κ2) is 7.17. The summed E-state index contributed by atoms with van der Waals surface area (Å²) < 4.78 is 26.8. The quantitative estimate of drug-likeness (QED) is 0.785. The summed E-state index contributed by atoms with van der Waals surface area (Å²) in [6.45, 7) is 6.26. The average molecular weight is 430 g/mol. The van der Waals surface area contributed by atoms with Gasteiger partial charge in [0.25, 0.3) is 10.0 Å². The van der Waals surface area contributed by atoms with Crippen LogP contribution in [0.2, 0.25) is 0 Å². The molecule has 1 N–H and O–H groups in total. The highest BCUT2D eigenvalue weighted by molar-refractivity contribution is 9.10. The fraction of sp³-hybridized carbons (Fsp3) is 0.375. The lowest BCUT2D eigenvalue weighted by Gasteiger charge is -2.27. The Kier molecular flexibility index (Phi) is 5.58. The lowest BCUT2D eigenvalue weighted by Crippen LogP contribution is -2.36. The van der Waals surface area contributed by atoms with E-state index in [0.717, 1.165) is 3.97 Å². The summed E-state index contributed by atoms with van der Waals surface area (Å²) in [5.74, 6) is 0. The Hall–Kier alpha value is -1.87. The Bertz CT molecular complexity index is 857. The monoisotopic (exact) mass is 429 g/mol. The van der Waals surface area contributed by atoms with Gasteiger partial charge in [0.1, 0.15) is 9.50 Å². The van der Waals surface area contributed by atoms with Crippen LogP contribution in [0.25, 0.3) is 0 Å². The van der Waals surface area contributed by atoms with Crippen LogP contribution in [-0.4, -0.2) is 40.0 Å². The van der Waals surface area contributed by atoms with Crippen LogP contribution in [0.4, 0.5) is 4.79 Å². The molecular weight excluding hydrogens is 410 g/mol. The van der Waals surface area contributed by atoms with Gasteiger partial charge in [-0.3, -0.25) is 4.98 Å². The van der Waals surface area contributed by atoms with Crippen LogP contribution >= 0.6 is 15.9 Å². The standard InChI is InChI=1S/C16H20BrN3O4S/c1-16(2,3)11-19(15(21)22)9-12-7-14(17)20(10-12)25(23,24)13-5-4-6-18-8-13/h4-8,10H,9,11H2,1-3H3,(H,21,22). The van der Waals surface area contributed by atoms with E-state index in [4.69, 9.17) is 0 Å². The molecule has 136 valence electrons. The number of hydrogen-bond donors (Lipinski definition) is 1. The van der Waals surface area contributed by atoms with E-state index in [-0.39, 0.29) is 16.9 Å². The highest BCUT2D eigenvalue weighted by Gasteiger charge is 2.24. The number of hydrogen-bond acceptors (Lipinski definition) is 4. The topological polar surface area (TPSA) is 92.5 Å². The maximum Gasteiger partial charge on any atom is 0.407 e. The largest absolute Gasteiger partial charge is 0.465 e. The maximum absolute atomic E-state index is 12.7. The maximum atomic E-state index is 12.7. The highest BCUT2D eigenvalue weighted by Crippen LogP contribution is 2.24. The van der Waals surface area contributed by atoms with Crippen molar-refractivity contribution in [2.75, 3.05) is 6.54 Å². The van der Waals surface area contributed by atoms with Crippen LogP contribution in [-0.2, 0) is 16.6 Å². The van der Waals surface area contributed by atoms with Gasteiger partial charge >= 0.3 is 6.09 Å². The van der Waals surface area contributed by atoms with E-state index in [0.29, 0.717) is 16.7 Å². The van der Waals surface area contributed by atoms with Crippen LogP contribution in [0.5, 0.6) is 0 Å². The molecule has 0 aliphatic rings. The van der Waals surface area contributed by atoms with Crippen LogP contribution in [0.3, 0.4) is 0 Å². The molecule has 0 unspecified atom stereocenters. The first kappa shape index (κ1) is 19.5. The molecule has 2 aromatic heterocycles. The third-order valence-corrected chi connectivity index (χ3v) is 5.80. The molecule has 0 spiro atoms. The molecule has 25 heavy (non-hydrogen) atoms. The number of pyridine rings is 1. The van der Waals surface area contributed by atoms with Gasteiger partial charge in [0.05, 0.1) is 6.54 Å². The molecule has 2 aromatic rings. The first-order valence-electron chi connectivity index (χ1n) is 7.51. The lowest BCUT2D eigenvalue weighted by molar-refractivity contribution is 0.123. The summed E-state index contributed by atoms with van der Waals surface area (Å²) in [6.07, 6.45) is 3.14. The molecular formula is C16H20BrN3O4S. The van der Waals surface area contributed by atoms with Gasteiger partial charge in [-0.2, -0.15) is 0 Å². The summed E-state index contributed by atoms with van der Waals surface area (Å²) in [4.78, 5) is 16.6. The van der Waals surface area contributed by atoms with Crippen molar-refractivity contribution in [1.82, 2.24) is 13.9 Å². The molecule has 1 amide bonds. The van der Waals surface area contributed by atoms with E-state index >= 15 is 0 Å². The van der Waals surface area contributed by atoms with Gasteiger partial charge in [0.15, 0.2) is 0 Å². The van der Waals surface area contributed by atoms with Crippen LogP contribution in [0, 0.1) is 5.41 Å². The fourth-order valence-corrected chi connectivity index (χ4v) is 4.53. The number of nitrogens with zero attached hydrogens (tertiary/aromatic N) is 3. The van der Waals surface area contributed by atoms with Crippen molar-refractivity contribution >= 4 is 32.0 Å². The average Bonchev–Trinajstić information content (AvgIpc) is 2.87. The molecule has 2 heterocycles. The molecule has 0 aliphatic carbocycles. The van der Waals surface area contributed by atoms with Crippen molar-refractivity contribution in [3.63, 3.8) is 0 Å². The summed E-state index contributed by atoms with van der Waals surface area (Å²) in [5, 5.41) is 9.39. The minimum atomic E-state index is -3.80. The van der Waals surface area contributed by atoms with Crippen molar-refractivity contribution in [1.29, 1.82) is 0 Å². The third kappa shape index (κ3) is 4.82. The van der Waals surface area contributed by atoms with Gasteiger partial charge in [0, 0.05) is 25.1 Å². The van der Waals surface area contributed by atoms with Gasteiger partial charge in [-0.05, 0) is 45.1 Å². The van der Waals surface area contributed by atoms with Crippen molar-refractivity contribution in [3.8, 4) is 0 Å². The van der Waals surface area contributed by atoms with Gasteiger partial charge in [-0.25, -0.2) is 17.2 Å². The molecule has 0 atom stereocenters. The van der Waals surface area contributed by atoms with Crippen molar-refractivity contribution in [2.45, 2.75) is 32.2 Å². The zero-order valence-electron chi connectivity index (χ0n) is 14.2. The predicted molar refractivity (Wildman–Crippen MR) is 96.8 cm³/mol. The normalized spacial score (nSPS) is 12.2. The number of amides is 1. The third-order valence-electron chi connectivity index (χ3n) is 3.30. The first-order chi connectivity index (χ1) is 11.5. The Morgan fingerprint density at radius 2 is 2.08 bits per heavy atom. The Labute approximate surface area is 155 Å². The van der Waals surface area contributed by atoms with Crippen LogP contribution in [0.1, 0.15) is 26.3 Å². The number of aromatic nitrogens is 2. The summed E-state index contributed by atoms with van der Waals surface area (Å²) in [5.41, 5.74) is 0.367. The van der Waals surface area contributed by atoms with E-state index in [1.165, 1.54) is 29.6 Å². The zero-order valence-corrected chi connectivity index (χ0v) is 16.6. The molecule has 0 fully saturated rings. The molecule has 9 heteroatoms. The number of halogens is 1. The van der Waals surface area contributed by atoms with Gasteiger partial charge in [-0.1, -0.05) is 20.8 Å². The molecule has 2 rings (SSSR count).